The Kier molecular flexibility index (Phi) is 6.06. The van der Waals surface area contributed by atoms with Crippen LogP contribution in [0.5, 0.6) is 0 Å². The van der Waals surface area contributed by atoms with E-state index < -0.39 is 0 Å². The molecule has 1 unspecified atom stereocenters. The van der Waals surface area contributed by atoms with Crippen molar-refractivity contribution in [2.24, 2.45) is 0 Å². The summed E-state index contributed by atoms with van der Waals surface area (Å²) in [5.41, 5.74) is 0. The normalized spacial score (nSPS) is 12.6. The minimum Gasteiger partial charge on any atom is -0.339 e. The van der Waals surface area contributed by atoms with E-state index in [1.165, 1.54) is 4.90 Å². The fourth-order valence-electron chi connectivity index (χ4n) is 1.64. The van der Waals surface area contributed by atoms with E-state index in [2.05, 4.69) is 44.4 Å². The Hall–Kier alpha value is -0.850. The van der Waals surface area contributed by atoms with E-state index in [-0.39, 0.29) is 0 Å². The second kappa shape index (κ2) is 7.81. The Labute approximate surface area is 131 Å². The fourth-order valence-corrected chi connectivity index (χ4v) is 3.05. The SMILES string of the molecule is CNC(C)CCc1nc(CSc2ccccc2Br)no1. The Balaban J connectivity index is 1.85. The van der Waals surface area contributed by atoms with Gasteiger partial charge in [0, 0.05) is 21.8 Å². The summed E-state index contributed by atoms with van der Waals surface area (Å²) in [7, 11) is 1.96. The first-order chi connectivity index (χ1) is 9.69. The number of hydrogen-bond donors (Lipinski definition) is 1. The third kappa shape index (κ3) is 4.61. The van der Waals surface area contributed by atoms with Crippen LogP contribution in [0.2, 0.25) is 0 Å². The zero-order chi connectivity index (χ0) is 14.4. The third-order valence-corrected chi connectivity index (χ3v) is 5.01. The molecule has 0 aliphatic rings. The molecule has 4 nitrogen and oxygen atoms in total. The molecule has 0 fully saturated rings. The molecule has 0 radical (unpaired) electrons. The molecular formula is C14H18BrN3OS. The first kappa shape index (κ1) is 15.5. The molecule has 0 amide bonds. The van der Waals surface area contributed by atoms with Gasteiger partial charge in [0.05, 0.1) is 5.75 Å². The fraction of sp³-hybridized carbons (Fsp3) is 0.429. The molecule has 1 aromatic heterocycles. The van der Waals surface area contributed by atoms with Crippen molar-refractivity contribution in [1.82, 2.24) is 15.5 Å². The molecule has 20 heavy (non-hydrogen) atoms. The van der Waals surface area contributed by atoms with Gasteiger partial charge in [-0.05, 0) is 48.5 Å². The molecule has 0 aliphatic carbocycles. The van der Waals surface area contributed by atoms with Crippen LogP contribution in [0.1, 0.15) is 25.1 Å². The maximum Gasteiger partial charge on any atom is 0.226 e. The highest BCUT2D eigenvalue weighted by atomic mass is 79.9. The Morgan fingerprint density at radius 2 is 2.20 bits per heavy atom. The Morgan fingerprint density at radius 3 is 2.95 bits per heavy atom. The van der Waals surface area contributed by atoms with Gasteiger partial charge < -0.3 is 9.84 Å². The van der Waals surface area contributed by atoms with Crippen molar-refractivity contribution in [3.8, 4) is 0 Å². The van der Waals surface area contributed by atoms with Crippen molar-refractivity contribution in [3.05, 3.63) is 40.5 Å². The molecule has 1 heterocycles. The molecule has 0 bridgehead atoms. The zero-order valence-corrected chi connectivity index (χ0v) is 14.0. The molecule has 0 saturated carbocycles. The Morgan fingerprint density at radius 1 is 1.40 bits per heavy atom. The summed E-state index contributed by atoms with van der Waals surface area (Å²) in [5.74, 6) is 2.18. The lowest BCUT2D eigenvalue weighted by atomic mass is 10.2. The van der Waals surface area contributed by atoms with Crippen LogP contribution in [0.25, 0.3) is 0 Å². The minimum atomic E-state index is 0.458. The van der Waals surface area contributed by atoms with Crippen LogP contribution >= 0.6 is 27.7 Å². The van der Waals surface area contributed by atoms with Gasteiger partial charge in [-0.1, -0.05) is 17.3 Å². The monoisotopic (exact) mass is 355 g/mol. The van der Waals surface area contributed by atoms with E-state index in [0.29, 0.717) is 11.8 Å². The smallest absolute Gasteiger partial charge is 0.226 e. The second-order valence-electron chi connectivity index (χ2n) is 4.55. The lowest BCUT2D eigenvalue weighted by Crippen LogP contribution is -2.21. The molecule has 2 rings (SSSR count). The van der Waals surface area contributed by atoms with Crippen molar-refractivity contribution in [2.75, 3.05) is 7.05 Å². The van der Waals surface area contributed by atoms with Crippen molar-refractivity contribution in [1.29, 1.82) is 0 Å². The summed E-state index contributed by atoms with van der Waals surface area (Å²) in [5, 5.41) is 7.22. The topological polar surface area (TPSA) is 51.0 Å². The van der Waals surface area contributed by atoms with Gasteiger partial charge in [-0.2, -0.15) is 4.98 Å². The van der Waals surface area contributed by atoms with Gasteiger partial charge in [-0.3, -0.25) is 0 Å². The predicted octanol–water partition coefficient (Wildman–Crippen LogP) is 3.66. The van der Waals surface area contributed by atoms with E-state index in [0.717, 1.165) is 29.0 Å². The van der Waals surface area contributed by atoms with Gasteiger partial charge in [-0.25, -0.2) is 0 Å². The van der Waals surface area contributed by atoms with E-state index in [1.807, 2.05) is 25.2 Å². The first-order valence-electron chi connectivity index (χ1n) is 6.55. The van der Waals surface area contributed by atoms with Crippen LogP contribution in [0.4, 0.5) is 0 Å². The number of halogens is 1. The second-order valence-corrected chi connectivity index (χ2v) is 6.42. The number of benzene rings is 1. The van der Waals surface area contributed by atoms with Crippen molar-refractivity contribution in [2.45, 2.75) is 36.5 Å². The lowest BCUT2D eigenvalue weighted by Gasteiger charge is -2.06. The summed E-state index contributed by atoms with van der Waals surface area (Å²) in [6, 6.07) is 8.59. The first-order valence-corrected chi connectivity index (χ1v) is 8.33. The average Bonchev–Trinajstić information content (AvgIpc) is 2.92. The van der Waals surface area contributed by atoms with Gasteiger partial charge in [0.25, 0.3) is 0 Å². The summed E-state index contributed by atoms with van der Waals surface area (Å²) in [6.07, 6.45) is 1.81. The highest BCUT2D eigenvalue weighted by Crippen LogP contribution is 2.28. The summed E-state index contributed by atoms with van der Waals surface area (Å²) in [4.78, 5) is 5.60. The predicted molar refractivity (Wildman–Crippen MR) is 84.8 cm³/mol. The van der Waals surface area contributed by atoms with Gasteiger partial charge >= 0.3 is 0 Å². The highest BCUT2D eigenvalue weighted by molar-refractivity contribution is 9.10. The number of aromatic nitrogens is 2. The maximum absolute atomic E-state index is 5.26. The standard InChI is InChI=1S/C14H18BrN3OS/c1-10(16-2)7-8-14-17-13(18-19-14)9-20-12-6-4-3-5-11(12)15/h3-6,10,16H,7-9H2,1-2H3. The lowest BCUT2D eigenvalue weighted by molar-refractivity contribution is 0.365. The molecule has 1 N–H and O–H groups in total. The van der Waals surface area contributed by atoms with Crippen LogP contribution in [-0.2, 0) is 12.2 Å². The largest absolute Gasteiger partial charge is 0.339 e. The molecule has 108 valence electrons. The number of nitrogens with one attached hydrogen (secondary N) is 1. The van der Waals surface area contributed by atoms with Crippen LogP contribution in [-0.4, -0.2) is 23.2 Å². The van der Waals surface area contributed by atoms with Crippen molar-refractivity contribution >= 4 is 27.7 Å². The van der Waals surface area contributed by atoms with E-state index in [1.54, 1.807) is 11.8 Å². The number of rotatable bonds is 7. The van der Waals surface area contributed by atoms with E-state index >= 15 is 0 Å². The zero-order valence-electron chi connectivity index (χ0n) is 11.6. The van der Waals surface area contributed by atoms with Crippen LogP contribution in [0.3, 0.4) is 0 Å². The van der Waals surface area contributed by atoms with Crippen LogP contribution in [0, 0.1) is 0 Å². The molecule has 0 spiro atoms. The van der Waals surface area contributed by atoms with Crippen molar-refractivity contribution in [3.63, 3.8) is 0 Å². The summed E-state index contributed by atoms with van der Waals surface area (Å²) in [6.45, 7) is 2.14. The Bertz CT molecular complexity index is 547. The van der Waals surface area contributed by atoms with Crippen LogP contribution in [0.15, 0.2) is 38.2 Å². The van der Waals surface area contributed by atoms with E-state index in [9.17, 15) is 0 Å². The molecule has 1 atom stereocenters. The molecule has 2 aromatic rings. The summed E-state index contributed by atoms with van der Waals surface area (Å²) < 4.78 is 6.36. The van der Waals surface area contributed by atoms with Gasteiger partial charge in [0.1, 0.15) is 0 Å². The van der Waals surface area contributed by atoms with Gasteiger partial charge in [-0.15, -0.1) is 11.8 Å². The van der Waals surface area contributed by atoms with Gasteiger partial charge in [0.2, 0.25) is 5.89 Å². The molecule has 6 heteroatoms. The molecule has 0 saturated heterocycles. The molecule has 0 aliphatic heterocycles. The average molecular weight is 356 g/mol. The van der Waals surface area contributed by atoms with E-state index in [4.69, 9.17) is 4.52 Å². The number of hydrogen-bond acceptors (Lipinski definition) is 5. The third-order valence-electron chi connectivity index (χ3n) is 2.99. The molecular weight excluding hydrogens is 338 g/mol. The number of nitrogens with zero attached hydrogens (tertiary/aromatic N) is 2. The highest BCUT2D eigenvalue weighted by Gasteiger charge is 2.09. The summed E-state index contributed by atoms with van der Waals surface area (Å²) >= 11 is 5.23. The number of aryl methyl sites for hydroxylation is 1. The van der Waals surface area contributed by atoms with Crippen molar-refractivity contribution < 1.29 is 4.52 Å². The maximum atomic E-state index is 5.26. The quantitative estimate of drug-likeness (QED) is 0.768. The minimum absolute atomic E-state index is 0.458. The number of thioether (sulfide) groups is 1. The molecule has 1 aromatic carbocycles. The van der Waals surface area contributed by atoms with Gasteiger partial charge in [0.15, 0.2) is 5.82 Å². The van der Waals surface area contributed by atoms with Crippen LogP contribution < -0.4 is 5.32 Å².